The average Bonchev–Trinajstić information content (AvgIpc) is 2.71. The third kappa shape index (κ3) is 1.83. The Bertz CT molecular complexity index is 649. The summed E-state index contributed by atoms with van der Waals surface area (Å²) in [5, 5.41) is 0.388. The van der Waals surface area contributed by atoms with Crippen molar-refractivity contribution in [3.8, 4) is 11.1 Å². The fraction of sp³-hybridized carbons (Fsp3) is 0.133. The molecule has 0 amide bonds. The van der Waals surface area contributed by atoms with Gasteiger partial charge in [0.25, 0.3) is 0 Å². The number of Topliss-reactive ketones (excluding diaryl/α,β-unsaturated/α-hetero) is 1. The van der Waals surface area contributed by atoms with Crippen LogP contribution >= 0.6 is 11.6 Å². The molecule has 0 aliphatic heterocycles. The minimum atomic E-state index is -0.347. The van der Waals surface area contributed by atoms with Gasteiger partial charge in [0, 0.05) is 17.5 Å². The van der Waals surface area contributed by atoms with Crippen LogP contribution in [0.5, 0.6) is 0 Å². The molecular formula is C15H10ClFO. The second kappa shape index (κ2) is 4.21. The Labute approximate surface area is 109 Å². The molecule has 0 atom stereocenters. The van der Waals surface area contributed by atoms with E-state index in [0.29, 0.717) is 11.4 Å². The number of fused-ring (bicyclic) bond motifs is 1. The first-order valence-electron chi connectivity index (χ1n) is 5.77. The van der Waals surface area contributed by atoms with Crippen LogP contribution in [0.3, 0.4) is 0 Å². The van der Waals surface area contributed by atoms with Crippen LogP contribution in [-0.2, 0) is 6.42 Å². The summed E-state index contributed by atoms with van der Waals surface area (Å²) in [6, 6.07) is 10.0. The van der Waals surface area contributed by atoms with Gasteiger partial charge in [0.2, 0.25) is 0 Å². The standard InChI is InChI=1S/C15H10ClFO/c16-14-8-11(17)3-5-12(14)9-1-4-13-10(7-9)2-6-15(13)18/h1,3-5,7-8H,2,6H2. The van der Waals surface area contributed by atoms with E-state index >= 15 is 0 Å². The third-order valence-electron chi connectivity index (χ3n) is 3.27. The Morgan fingerprint density at radius 3 is 2.56 bits per heavy atom. The molecule has 0 radical (unpaired) electrons. The summed E-state index contributed by atoms with van der Waals surface area (Å²) in [6.45, 7) is 0. The molecule has 90 valence electrons. The van der Waals surface area contributed by atoms with Crippen LogP contribution in [0.4, 0.5) is 4.39 Å². The molecule has 0 N–H and O–H groups in total. The van der Waals surface area contributed by atoms with Gasteiger partial charge in [0.1, 0.15) is 5.82 Å². The summed E-state index contributed by atoms with van der Waals surface area (Å²) in [5.41, 5.74) is 3.57. The lowest BCUT2D eigenvalue weighted by atomic mass is 10.0. The fourth-order valence-corrected chi connectivity index (χ4v) is 2.62. The zero-order chi connectivity index (χ0) is 12.7. The molecular weight excluding hydrogens is 251 g/mol. The number of rotatable bonds is 1. The van der Waals surface area contributed by atoms with Gasteiger partial charge in [0.15, 0.2) is 5.78 Å². The highest BCUT2D eigenvalue weighted by atomic mass is 35.5. The third-order valence-corrected chi connectivity index (χ3v) is 3.58. The van der Waals surface area contributed by atoms with Gasteiger partial charge in [-0.3, -0.25) is 4.79 Å². The minimum absolute atomic E-state index is 0.196. The molecule has 1 nitrogen and oxygen atoms in total. The van der Waals surface area contributed by atoms with Gasteiger partial charge in [-0.15, -0.1) is 0 Å². The number of benzene rings is 2. The lowest BCUT2D eigenvalue weighted by Crippen LogP contribution is -1.91. The molecule has 1 aliphatic rings. The van der Waals surface area contributed by atoms with Crippen molar-refractivity contribution in [1.29, 1.82) is 0 Å². The molecule has 0 saturated heterocycles. The second-order valence-electron chi connectivity index (χ2n) is 4.42. The van der Waals surface area contributed by atoms with Gasteiger partial charge in [0.05, 0.1) is 5.02 Å². The molecule has 3 heteroatoms. The second-order valence-corrected chi connectivity index (χ2v) is 4.83. The Morgan fingerprint density at radius 2 is 1.78 bits per heavy atom. The first-order chi connectivity index (χ1) is 8.65. The van der Waals surface area contributed by atoms with E-state index in [0.717, 1.165) is 28.7 Å². The highest BCUT2D eigenvalue weighted by Gasteiger charge is 2.19. The number of hydrogen-bond acceptors (Lipinski definition) is 1. The van der Waals surface area contributed by atoms with Crippen molar-refractivity contribution < 1.29 is 9.18 Å². The van der Waals surface area contributed by atoms with Crippen LogP contribution in [0.1, 0.15) is 22.3 Å². The SMILES string of the molecule is O=C1CCc2cc(-c3ccc(F)cc3Cl)ccc21. The van der Waals surface area contributed by atoms with Crippen molar-refractivity contribution in [2.75, 3.05) is 0 Å². The number of hydrogen-bond donors (Lipinski definition) is 0. The lowest BCUT2D eigenvalue weighted by Gasteiger charge is -2.07. The van der Waals surface area contributed by atoms with Crippen molar-refractivity contribution in [3.63, 3.8) is 0 Å². The van der Waals surface area contributed by atoms with E-state index in [1.54, 1.807) is 6.07 Å². The normalized spacial score (nSPS) is 13.8. The summed E-state index contributed by atoms with van der Waals surface area (Å²) in [7, 11) is 0. The molecule has 0 saturated carbocycles. The molecule has 0 bridgehead atoms. The Balaban J connectivity index is 2.10. The monoisotopic (exact) mass is 260 g/mol. The minimum Gasteiger partial charge on any atom is -0.294 e. The number of carbonyl (C=O) groups is 1. The largest absolute Gasteiger partial charge is 0.294 e. The summed E-state index contributed by atoms with van der Waals surface area (Å²) < 4.78 is 13.0. The molecule has 1 aliphatic carbocycles. The number of aryl methyl sites for hydroxylation is 1. The van der Waals surface area contributed by atoms with Crippen LogP contribution in [0.15, 0.2) is 36.4 Å². The molecule has 0 fully saturated rings. The maximum absolute atomic E-state index is 13.0. The molecule has 0 spiro atoms. The first-order valence-corrected chi connectivity index (χ1v) is 6.14. The van der Waals surface area contributed by atoms with Gasteiger partial charge in [-0.05, 0) is 35.7 Å². The van der Waals surface area contributed by atoms with Crippen molar-refractivity contribution in [2.24, 2.45) is 0 Å². The highest BCUT2D eigenvalue weighted by molar-refractivity contribution is 6.33. The van der Waals surface area contributed by atoms with Crippen molar-refractivity contribution in [3.05, 3.63) is 58.4 Å². The molecule has 0 aromatic heterocycles. The Hall–Kier alpha value is -1.67. The summed E-state index contributed by atoms with van der Waals surface area (Å²) in [5.74, 6) is -0.151. The molecule has 3 rings (SSSR count). The predicted molar refractivity (Wildman–Crippen MR) is 69.5 cm³/mol. The maximum atomic E-state index is 13.0. The lowest BCUT2D eigenvalue weighted by molar-refractivity contribution is 0.0994. The van der Waals surface area contributed by atoms with Crippen molar-refractivity contribution in [1.82, 2.24) is 0 Å². The van der Waals surface area contributed by atoms with Gasteiger partial charge < -0.3 is 0 Å². The molecule has 2 aromatic carbocycles. The van der Waals surface area contributed by atoms with Crippen LogP contribution < -0.4 is 0 Å². The smallest absolute Gasteiger partial charge is 0.163 e. The number of ketones is 1. The van der Waals surface area contributed by atoms with E-state index in [9.17, 15) is 9.18 Å². The van der Waals surface area contributed by atoms with Crippen LogP contribution in [-0.4, -0.2) is 5.78 Å². The van der Waals surface area contributed by atoms with Crippen molar-refractivity contribution >= 4 is 17.4 Å². The molecule has 0 unspecified atom stereocenters. The van der Waals surface area contributed by atoms with Gasteiger partial charge >= 0.3 is 0 Å². The van der Waals surface area contributed by atoms with Crippen LogP contribution in [0, 0.1) is 5.82 Å². The van der Waals surface area contributed by atoms with E-state index in [4.69, 9.17) is 11.6 Å². The summed E-state index contributed by atoms with van der Waals surface area (Å²) in [6.07, 6.45) is 1.36. The topological polar surface area (TPSA) is 17.1 Å². The average molecular weight is 261 g/mol. The summed E-state index contributed by atoms with van der Waals surface area (Å²) in [4.78, 5) is 11.5. The molecule has 0 heterocycles. The van der Waals surface area contributed by atoms with E-state index < -0.39 is 0 Å². The van der Waals surface area contributed by atoms with Gasteiger partial charge in [-0.25, -0.2) is 4.39 Å². The van der Waals surface area contributed by atoms with E-state index in [-0.39, 0.29) is 11.6 Å². The van der Waals surface area contributed by atoms with Crippen LogP contribution in [0.2, 0.25) is 5.02 Å². The van der Waals surface area contributed by atoms with Crippen molar-refractivity contribution in [2.45, 2.75) is 12.8 Å². The van der Waals surface area contributed by atoms with Gasteiger partial charge in [-0.2, -0.15) is 0 Å². The zero-order valence-electron chi connectivity index (χ0n) is 9.54. The fourth-order valence-electron chi connectivity index (χ4n) is 2.35. The molecule has 18 heavy (non-hydrogen) atoms. The maximum Gasteiger partial charge on any atom is 0.163 e. The number of halogens is 2. The number of carbonyl (C=O) groups excluding carboxylic acids is 1. The molecule has 2 aromatic rings. The summed E-state index contributed by atoms with van der Waals surface area (Å²) >= 11 is 6.04. The highest BCUT2D eigenvalue weighted by Crippen LogP contribution is 2.32. The first kappa shape index (κ1) is 11.4. The Kier molecular flexibility index (Phi) is 2.67. The van der Waals surface area contributed by atoms with Gasteiger partial charge in [-0.1, -0.05) is 29.8 Å². The van der Waals surface area contributed by atoms with E-state index in [1.807, 2.05) is 18.2 Å². The zero-order valence-corrected chi connectivity index (χ0v) is 10.3. The van der Waals surface area contributed by atoms with Crippen LogP contribution in [0.25, 0.3) is 11.1 Å². The van der Waals surface area contributed by atoms with E-state index in [2.05, 4.69) is 0 Å². The Morgan fingerprint density at radius 1 is 1.00 bits per heavy atom. The van der Waals surface area contributed by atoms with E-state index in [1.165, 1.54) is 12.1 Å². The quantitative estimate of drug-likeness (QED) is 0.748. The predicted octanol–water partition coefficient (Wildman–Crippen LogP) is 4.28.